The molecule has 9 aromatic rings. The van der Waals surface area contributed by atoms with Crippen LogP contribution in [0.5, 0.6) is 0 Å². The first kappa shape index (κ1) is 39.1. The van der Waals surface area contributed by atoms with Gasteiger partial charge in [0.1, 0.15) is 0 Å². The predicted molar refractivity (Wildman–Crippen MR) is 287 cm³/mol. The van der Waals surface area contributed by atoms with E-state index in [0.717, 1.165) is 47.3 Å². The van der Waals surface area contributed by atoms with Gasteiger partial charge in [0.25, 0.3) is 0 Å². The molecule has 10 aliphatic carbocycles. The number of anilines is 3. The van der Waals surface area contributed by atoms with Crippen molar-refractivity contribution in [3.05, 3.63) is 204 Å². The molecule has 2 nitrogen and oxygen atoms in total. The van der Waals surface area contributed by atoms with Crippen LogP contribution >= 0.6 is 0 Å². The van der Waals surface area contributed by atoms with Gasteiger partial charge in [-0.05, 0) is 240 Å². The van der Waals surface area contributed by atoms with Gasteiger partial charge in [-0.1, -0.05) is 109 Å². The molecule has 8 saturated carbocycles. The summed E-state index contributed by atoms with van der Waals surface area (Å²) in [5.41, 5.74) is 22.7. The van der Waals surface area contributed by atoms with E-state index in [2.05, 4.69) is 191 Å². The number of hydrogen-bond acceptors (Lipinski definition) is 1. The molecule has 1 heterocycles. The van der Waals surface area contributed by atoms with Gasteiger partial charge in [-0.25, -0.2) is 0 Å². The van der Waals surface area contributed by atoms with Crippen molar-refractivity contribution in [2.45, 2.75) is 75.0 Å². The number of para-hydroxylation sites is 2. The summed E-state index contributed by atoms with van der Waals surface area (Å²) >= 11 is 0. The van der Waals surface area contributed by atoms with E-state index in [0.29, 0.717) is 0 Å². The zero-order valence-corrected chi connectivity index (χ0v) is 39.9. The largest absolute Gasteiger partial charge is 0.310 e. The highest BCUT2D eigenvalue weighted by atomic mass is 15.1. The van der Waals surface area contributed by atoms with E-state index >= 15 is 0 Å². The third-order valence-electron chi connectivity index (χ3n) is 20.7. The molecule has 0 saturated heterocycles. The Hall–Kier alpha value is -6.64. The van der Waals surface area contributed by atoms with Crippen LogP contribution < -0.4 is 4.90 Å². The number of rotatable bonds is 5. The van der Waals surface area contributed by atoms with E-state index in [4.69, 9.17) is 0 Å². The van der Waals surface area contributed by atoms with Gasteiger partial charge >= 0.3 is 0 Å². The van der Waals surface area contributed by atoms with Crippen LogP contribution in [0.4, 0.5) is 17.1 Å². The van der Waals surface area contributed by atoms with E-state index in [1.54, 1.807) is 22.3 Å². The van der Waals surface area contributed by atoms with Crippen LogP contribution in [0.2, 0.25) is 0 Å². The van der Waals surface area contributed by atoms with Crippen molar-refractivity contribution in [1.82, 2.24) is 4.57 Å². The van der Waals surface area contributed by atoms with E-state index in [1.165, 1.54) is 142 Å². The third kappa shape index (κ3) is 5.00. The van der Waals surface area contributed by atoms with Gasteiger partial charge in [-0.3, -0.25) is 0 Å². The molecule has 8 fully saturated rings. The van der Waals surface area contributed by atoms with Crippen molar-refractivity contribution in [1.29, 1.82) is 0 Å². The maximum atomic E-state index is 2.67. The lowest BCUT2D eigenvalue weighted by Crippen LogP contribution is -2.55. The minimum atomic E-state index is 0.108. The van der Waals surface area contributed by atoms with Gasteiger partial charge in [-0.15, -0.1) is 0 Å². The summed E-state index contributed by atoms with van der Waals surface area (Å²) in [5.74, 6) is 6.63. The fourth-order valence-electron chi connectivity index (χ4n) is 18.8. The summed E-state index contributed by atoms with van der Waals surface area (Å²) in [4.78, 5) is 2.56. The topological polar surface area (TPSA) is 8.17 Å². The zero-order valence-electron chi connectivity index (χ0n) is 39.9. The Balaban J connectivity index is 0.846. The lowest BCUT2D eigenvalue weighted by atomic mass is 9.43. The molecule has 8 aromatic carbocycles. The van der Waals surface area contributed by atoms with Crippen LogP contribution in [0, 0.1) is 47.3 Å². The molecule has 0 aliphatic heterocycles. The van der Waals surface area contributed by atoms with E-state index in [-0.39, 0.29) is 10.8 Å². The highest BCUT2D eigenvalue weighted by molar-refractivity contribution is 6.12. The average Bonchev–Trinajstić information content (AvgIpc) is 3.99. The molecule has 0 N–H and O–H groups in total. The standard InChI is InChI=1S/C68H58N2/c1-3-11-51(12-4-1)69(54-21-24-58-56-16-8-10-18-62(56)68(64(58)40-54)49-33-43-28-44(35-49)36-50(68)34-43)53-22-26-66-60(39-53)59-37-45(20-25-65(59)70(66)52-13-5-2-6-14-52)46-19-23-57-55-15-7-9-17-61(55)67(63(57)38-46)47-29-41-27-42(31-47)32-48(67)30-41/h1-26,37-44,47-50H,27-36H2. The maximum absolute atomic E-state index is 2.67. The molecule has 70 heavy (non-hydrogen) atoms. The second-order valence-electron chi connectivity index (χ2n) is 23.7. The maximum Gasteiger partial charge on any atom is 0.0542 e. The average molecular weight is 903 g/mol. The Labute approximate surface area is 412 Å². The molecule has 2 heteroatoms. The normalized spacial score (nSPS) is 29.8. The smallest absolute Gasteiger partial charge is 0.0542 e. The van der Waals surface area contributed by atoms with Crippen molar-refractivity contribution in [3.8, 4) is 39.1 Å². The number of hydrogen-bond donors (Lipinski definition) is 0. The van der Waals surface area contributed by atoms with Crippen LogP contribution in [0.15, 0.2) is 182 Å². The minimum Gasteiger partial charge on any atom is -0.310 e. The van der Waals surface area contributed by atoms with Crippen molar-refractivity contribution in [2.24, 2.45) is 47.3 Å². The Morgan fingerprint density at radius 1 is 0.329 bits per heavy atom. The summed E-state index contributed by atoms with van der Waals surface area (Å²) in [6, 6.07) is 71.1. The van der Waals surface area contributed by atoms with Crippen LogP contribution in [0.3, 0.4) is 0 Å². The number of fused-ring (bicyclic) bond motifs is 9. The fraction of sp³-hybridized carbons (Fsp3) is 0.294. The predicted octanol–water partition coefficient (Wildman–Crippen LogP) is 17.4. The Bertz CT molecular complexity index is 3590. The first-order valence-electron chi connectivity index (χ1n) is 27.1. The fourth-order valence-corrected chi connectivity index (χ4v) is 18.8. The van der Waals surface area contributed by atoms with Crippen molar-refractivity contribution in [3.63, 3.8) is 0 Å². The van der Waals surface area contributed by atoms with E-state index < -0.39 is 0 Å². The molecule has 0 atom stereocenters. The van der Waals surface area contributed by atoms with Crippen LogP contribution in [-0.2, 0) is 10.8 Å². The molecule has 8 bridgehead atoms. The molecule has 2 spiro atoms. The summed E-state index contributed by atoms with van der Waals surface area (Å²) in [7, 11) is 0. The quantitative estimate of drug-likeness (QED) is 0.167. The van der Waals surface area contributed by atoms with Gasteiger partial charge in [0.05, 0.1) is 11.0 Å². The zero-order chi connectivity index (χ0) is 45.5. The molecular formula is C68H58N2. The minimum absolute atomic E-state index is 0.108. The van der Waals surface area contributed by atoms with Crippen molar-refractivity contribution >= 4 is 38.9 Å². The Morgan fingerprint density at radius 2 is 0.757 bits per heavy atom. The second kappa shape index (κ2) is 14.0. The molecule has 1 aromatic heterocycles. The van der Waals surface area contributed by atoms with Crippen molar-refractivity contribution < 1.29 is 0 Å². The van der Waals surface area contributed by atoms with Gasteiger partial charge in [0.2, 0.25) is 0 Å². The lowest BCUT2D eigenvalue weighted by Gasteiger charge is -2.61. The first-order chi connectivity index (χ1) is 34.6. The lowest BCUT2D eigenvalue weighted by molar-refractivity contribution is -0.0399. The second-order valence-corrected chi connectivity index (χ2v) is 23.7. The number of nitrogens with zero attached hydrogens (tertiary/aromatic N) is 2. The molecule has 0 amide bonds. The Kier molecular flexibility index (Phi) is 7.84. The third-order valence-corrected chi connectivity index (χ3v) is 20.7. The van der Waals surface area contributed by atoms with Gasteiger partial charge < -0.3 is 9.47 Å². The summed E-state index contributed by atoms with van der Waals surface area (Å²) in [5, 5.41) is 2.59. The molecule has 10 aliphatic rings. The highest BCUT2D eigenvalue weighted by Gasteiger charge is 2.63. The SMILES string of the molecule is c1ccc(N(c2ccc3c(c2)C2(c4ccccc4-3)C3CC4CC(C3)CC2C4)c2ccc3c(c2)c2cc(-c4ccc5c(c4)C4(c6ccccc6-5)C5CC6CC(C5)CC4C6)ccc2n3-c2ccccc2)cc1. The Morgan fingerprint density at radius 3 is 1.36 bits per heavy atom. The molecule has 0 unspecified atom stereocenters. The van der Waals surface area contributed by atoms with Crippen molar-refractivity contribution in [2.75, 3.05) is 4.90 Å². The summed E-state index contributed by atoms with van der Waals surface area (Å²) in [6.07, 6.45) is 14.1. The van der Waals surface area contributed by atoms with Crippen LogP contribution in [-0.4, -0.2) is 4.57 Å². The highest BCUT2D eigenvalue weighted by Crippen LogP contribution is 2.71. The monoisotopic (exact) mass is 902 g/mol. The van der Waals surface area contributed by atoms with Gasteiger partial charge in [0.15, 0.2) is 0 Å². The van der Waals surface area contributed by atoms with E-state index in [1.807, 2.05) is 0 Å². The van der Waals surface area contributed by atoms with Gasteiger partial charge in [0, 0.05) is 44.4 Å². The van der Waals surface area contributed by atoms with Crippen LogP contribution in [0.25, 0.3) is 60.9 Å². The molecule has 0 radical (unpaired) electrons. The van der Waals surface area contributed by atoms with Crippen LogP contribution in [0.1, 0.15) is 86.5 Å². The van der Waals surface area contributed by atoms with E-state index in [9.17, 15) is 0 Å². The number of benzene rings is 8. The summed E-state index contributed by atoms with van der Waals surface area (Å²) < 4.78 is 2.50. The van der Waals surface area contributed by atoms with Gasteiger partial charge in [-0.2, -0.15) is 0 Å². The molecule has 19 rings (SSSR count). The first-order valence-corrected chi connectivity index (χ1v) is 27.1. The number of aromatic nitrogens is 1. The summed E-state index contributed by atoms with van der Waals surface area (Å²) in [6.45, 7) is 0. The molecule has 340 valence electrons. The molecular weight excluding hydrogens is 845 g/mol.